The van der Waals surface area contributed by atoms with Gasteiger partial charge in [0.05, 0.1) is 5.56 Å². The number of benzene rings is 1. The third kappa shape index (κ3) is 3.73. The Morgan fingerprint density at radius 1 is 1.33 bits per heavy atom. The summed E-state index contributed by atoms with van der Waals surface area (Å²) in [5, 5.41) is 9.91. The Morgan fingerprint density at radius 3 is 2.73 bits per heavy atom. The van der Waals surface area contributed by atoms with E-state index >= 15 is 0 Å². The molecule has 15 heavy (non-hydrogen) atoms. The van der Waals surface area contributed by atoms with Crippen molar-refractivity contribution in [3.8, 4) is 5.75 Å². The molecule has 1 N–H and O–H groups in total. The van der Waals surface area contributed by atoms with Crippen LogP contribution in [0.4, 0.5) is 0 Å². The molecule has 82 valence electrons. The lowest BCUT2D eigenvalue weighted by molar-refractivity contribution is 0.0977. The fourth-order valence-corrected chi connectivity index (χ4v) is 1.61. The Bertz CT molecular complexity index is 350. The zero-order chi connectivity index (χ0) is 11.3. The van der Waals surface area contributed by atoms with Gasteiger partial charge < -0.3 is 5.11 Å². The van der Waals surface area contributed by atoms with E-state index in [1.807, 2.05) is 0 Å². The Hall–Kier alpha value is -0.730. The van der Waals surface area contributed by atoms with Crippen molar-refractivity contribution in [1.29, 1.82) is 0 Å². The normalized spacial score (nSPS) is 10.3. The van der Waals surface area contributed by atoms with Crippen molar-refractivity contribution >= 4 is 29.0 Å². The number of hydrogen-bond acceptors (Lipinski definition) is 2. The van der Waals surface area contributed by atoms with Crippen molar-refractivity contribution in [2.24, 2.45) is 0 Å². The molecule has 0 bridgehead atoms. The van der Waals surface area contributed by atoms with Crippen LogP contribution in [-0.2, 0) is 0 Å². The van der Waals surface area contributed by atoms with Crippen molar-refractivity contribution in [2.45, 2.75) is 19.3 Å². The summed E-state index contributed by atoms with van der Waals surface area (Å²) in [5.74, 6) is 0.435. The van der Waals surface area contributed by atoms with E-state index in [1.54, 1.807) is 6.07 Å². The molecule has 4 heteroatoms. The van der Waals surface area contributed by atoms with Crippen LogP contribution in [0.15, 0.2) is 18.2 Å². The van der Waals surface area contributed by atoms with E-state index in [-0.39, 0.29) is 17.1 Å². The van der Waals surface area contributed by atoms with Gasteiger partial charge in [0, 0.05) is 17.3 Å². The Kier molecular flexibility index (Phi) is 4.92. The van der Waals surface area contributed by atoms with Gasteiger partial charge in [-0.15, -0.1) is 11.6 Å². The molecule has 0 aliphatic heterocycles. The van der Waals surface area contributed by atoms with E-state index in [0.717, 1.165) is 12.8 Å². The molecule has 2 nitrogen and oxygen atoms in total. The second-order valence-corrected chi connectivity index (χ2v) is 4.05. The molecule has 0 amide bonds. The lowest BCUT2D eigenvalue weighted by Crippen LogP contribution is -1.99. The number of alkyl halides is 1. The summed E-state index contributed by atoms with van der Waals surface area (Å²) in [6.45, 7) is 0. The highest BCUT2D eigenvalue weighted by molar-refractivity contribution is 6.31. The van der Waals surface area contributed by atoms with Crippen LogP contribution in [-0.4, -0.2) is 16.8 Å². The molecule has 0 radical (unpaired) electrons. The molecule has 0 saturated heterocycles. The van der Waals surface area contributed by atoms with Crippen molar-refractivity contribution in [3.63, 3.8) is 0 Å². The van der Waals surface area contributed by atoms with Gasteiger partial charge >= 0.3 is 0 Å². The minimum absolute atomic E-state index is 0.0183. The van der Waals surface area contributed by atoms with Crippen LogP contribution in [0.5, 0.6) is 5.75 Å². The number of ketones is 1. The molecular weight excluding hydrogens is 235 g/mol. The molecule has 0 spiro atoms. The third-order valence-electron chi connectivity index (χ3n) is 2.05. The van der Waals surface area contributed by atoms with Gasteiger partial charge in [0.2, 0.25) is 0 Å². The first kappa shape index (κ1) is 12.3. The van der Waals surface area contributed by atoms with Gasteiger partial charge in [-0.05, 0) is 31.0 Å². The molecule has 1 aromatic rings. The largest absolute Gasteiger partial charge is 0.507 e. The van der Waals surface area contributed by atoms with Gasteiger partial charge in [-0.1, -0.05) is 11.6 Å². The van der Waals surface area contributed by atoms with E-state index in [2.05, 4.69) is 0 Å². The van der Waals surface area contributed by atoms with Crippen LogP contribution in [0.25, 0.3) is 0 Å². The number of phenols is 1. The van der Waals surface area contributed by atoms with E-state index in [4.69, 9.17) is 23.2 Å². The molecule has 1 aromatic carbocycles. The quantitative estimate of drug-likeness (QED) is 0.490. The third-order valence-corrected chi connectivity index (χ3v) is 2.55. The number of carbonyl (C=O) groups excluding carboxylic acids is 1. The average Bonchev–Trinajstić information content (AvgIpc) is 2.22. The van der Waals surface area contributed by atoms with Gasteiger partial charge in [0.15, 0.2) is 5.78 Å². The summed E-state index contributed by atoms with van der Waals surface area (Å²) < 4.78 is 0. The van der Waals surface area contributed by atoms with Crippen LogP contribution in [0.3, 0.4) is 0 Å². The first-order valence-corrected chi connectivity index (χ1v) is 5.64. The molecular formula is C11H12Cl2O2. The zero-order valence-electron chi connectivity index (χ0n) is 8.17. The SMILES string of the molecule is O=C(CCCCCl)c1cc(Cl)ccc1O. The summed E-state index contributed by atoms with van der Waals surface area (Å²) in [6, 6.07) is 4.46. The summed E-state index contributed by atoms with van der Waals surface area (Å²) >= 11 is 11.2. The maximum absolute atomic E-state index is 11.6. The van der Waals surface area contributed by atoms with Gasteiger partial charge in [0.1, 0.15) is 5.75 Å². The summed E-state index contributed by atoms with van der Waals surface area (Å²) in [6.07, 6.45) is 1.92. The Morgan fingerprint density at radius 2 is 2.07 bits per heavy atom. The molecule has 0 fully saturated rings. The number of halogens is 2. The maximum atomic E-state index is 11.6. The highest BCUT2D eigenvalue weighted by Gasteiger charge is 2.10. The maximum Gasteiger partial charge on any atom is 0.166 e. The number of phenolic OH excluding ortho intramolecular Hbond substituents is 1. The molecule has 0 aliphatic carbocycles. The fraction of sp³-hybridized carbons (Fsp3) is 0.364. The topological polar surface area (TPSA) is 37.3 Å². The summed E-state index contributed by atoms with van der Waals surface area (Å²) in [7, 11) is 0. The monoisotopic (exact) mass is 246 g/mol. The van der Waals surface area contributed by atoms with Gasteiger partial charge in [-0.25, -0.2) is 0 Å². The standard InChI is InChI=1S/C11H12Cl2O2/c12-6-2-1-3-10(14)9-7-8(13)4-5-11(9)15/h4-5,7,15H,1-3,6H2. The average molecular weight is 247 g/mol. The van der Waals surface area contributed by atoms with Crippen molar-refractivity contribution in [1.82, 2.24) is 0 Å². The van der Waals surface area contributed by atoms with Crippen molar-refractivity contribution < 1.29 is 9.90 Å². The van der Waals surface area contributed by atoms with Crippen LogP contribution in [0, 0.1) is 0 Å². The van der Waals surface area contributed by atoms with Crippen LogP contribution in [0.2, 0.25) is 5.02 Å². The number of hydrogen-bond donors (Lipinski definition) is 1. The number of carbonyl (C=O) groups is 1. The van der Waals surface area contributed by atoms with Crippen molar-refractivity contribution in [3.05, 3.63) is 28.8 Å². The summed E-state index contributed by atoms with van der Waals surface area (Å²) in [4.78, 5) is 11.6. The van der Waals surface area contributed by atoms with Crippen LogP contribution < -0.4 is 0 Å². The number of unbranched alkanes of at least 4 members (excludes halogenated alkanes) is 1. The number of rotatable bonds is 5. The fourth-order valence-electron chi connectivity index (χ4n) is 1.25. The molecule has 0 heterocycles. The molecule has 0 atom stereocenters. The first-order chi connectivity index (χ1) is 7.15. The van der Waals surface area contributed by atoms with E-state index in [0.29, 0.717) is 17.3 Å². The minimum atomic E-state index is -0.0971. The second-order valence-electron chi connectivity index (χ2n) is 3.23. The van der Waals surface area contributed by atoms with E-state index in [1.165, 1.54) is 12.1 Å². The zero-order valence-corrected chi connectivity index (χ0v) is 9.68. The van der Waals surface area contributed by atoms with Crippen LogP contribution >= 0.6 is 23.2 Å². The predicted molar refractivity (Wildman–Crippen MR) is 62.0 cm³/mol. The van der Waals surface area contributed by atoms with E-state index in [9.17, 15) is 9.90 Å². The lowest BCUT2D eigenvalue weighted by Gasteiger charge is -2.03. The van der Waals surface area contributed by atoms with Gasteiger partial charge in [-0.2, -0.15) is 0 Å². The number of Topliss-reactive ketones (excluding diaryl/α,β-unsaturated/α-hetero) is 1. The Balaban J connectivity index is 2.68. The highest BCUT2D eigenvalue weighted by Crippen LogP contribution is 2.23. The Labute approximate surface area is 98.8 Å². The molecule has 0 unspecified atom stereocenters. The minimum Gasteiger partial charge on any atom is -0.507 e. The second kappa shape index (κ2) is 5.99. The molecule has 0 aromatic heterocycles. The first-order valence-electron chi connectivity index (χ1n) is 4.73. The molecule has 0 aliphatic rings. The van der Waals surface area contributed by atoms with Gasteiger partial charge in [0.25, 0.3) is 0 Å². The van der Waals surface area contributed by atoms with E-state index < -0.39 is 0 Å². The van der Waals surface area contributed by atoms with Gasteiger partial charge in [-0.3, -0.25) is 4.79 Å². The predicted octanol–water partition coefficient (Wildman–Crippen LogP) is 3.64. The number of aromatic hydroxyl groups is 1. The smallest absolute Gasteiger partial charge is 0.166 e. The highest BCUT2D eigenvalue weighted by atomic mass is 35.5. The molecule has 1 rings (SSSR count). The molecule has 0 saturated carbocycles. The van der Waals surface area contributed by atoms with Crippen LogP contribution in [0.1, 0.15) is 29.6 Å². The lowest BCUT2D eigenvalue weighted by atomic mass is 10.0. The van der Waals surface area contributed by atoms with Crippen molar-refractivity contribution in [2.75, 3.05) is 5.88 Å². The summed E-state index contributed by atoms with van der Waals surface area (Å²) in [5.41, 5.74) is 0.289.